The van der Waals surface area contributed by atoms with Crippen LogP contribution in [0.5, 0.6) is 0 Å². The summed E-state index contributed by atoms with van der Waals surface area (Å²) in [5, 5.41) is 11.2. The number of carbonyl (C=O) groups excluding carboxylic acids is 2. The van der Waals surface area contributed by atoms with Crippen molar-refractivity contribution in [1.29, 1.82) is 0 Å². The van der Waals surface area contributed by atoms with Crippen LogP contribution in [0.1, 0.15) is 53.4 Å². The molecule has 0 radical (unpaired) electrons. The highest BCUT2D eigenvalue weighted by atomic mass is 16.3. The Morgan fingerprint density at radius 1 is 1.17 bits per heavy atom. The smallest absolute Gasteiger partial charge is 0.147 e. The van der Waals surface area contributed by atoms with Gasteiger partial charge in [0.25, 0.3) is 0 Å². The van der Waals surface area contributed by atoms with Gasteiger partial charge >= 0.3 is 0 Å². The Morgan fingerprint density at radius 3 is 2.33 bits per heavy atom. The molecular weight excluding hydrogens is 228 g/mol. The number of carbonyl (C=O) groups is 2. The third-order valence-corrected chi connectivity index (χ3v) is 5.46. The Morgan fingerprint density at radius 2 is 1.78 bits per heavy atom. The van der Waals surface area contributed by atoms with E-state index in [9.17, 15) is 14.7 Å². The Hall–Kier alpha value is -0.960. The summed E-state index contributed by atoms with van der Waals surface area (Å²) in [5.74, 6) is 0.00507. The molecule has 0 spiro atoms. The number of allylic oxidation sites excluding steroid dienone is 1. The quantitative estimate of drug-likeness (QED) is 0.727. The summed E-state index contributed by atoms with van der Waals surface area (Å²) in [6.45, 7) is 7.65. The van der Waals surface area contributed by atoms with Crippen LogP contribution in [0, 0.1) is 10.8 Å². The maximum Gasteiger partial charge on any atom is 0.147 e. The lowest BCUT2D eigenvalue weighted by Crippen LogP contribution is -2.65. The monoisotopic (exact) mass is 250 g/mol. The summed E-state index contributed by atoms with van der Waals surface area (Å²) in [4.78, 5) is 23.8. The highest BCUT2D eigenvalue weighted by Gasteiger charge is 2.64. The number of fused-ring (bicyclic) bond motifs is 1. The summed E-state index contributed by atoms with van der Waals surface area (Å²) in [7, 11) is 0. The SMILES string of the molecule is CC1=C(C=O)[C@@]2(C)C(=O)CCC(C)(C)[C@@]2(O)CC1. The van der Waals surface area contributed by atoms with Crippen molar-refractivity contribution in [3.05, 3.63) is 11.1 Å². The van der Waals surface area contributed by atoms with E-state index in [2.05, 4.69) is 0 Å². The lowest BCUT2D eigenvalue weighted by atomic mass is 9.47. The molecule has 2 aliphatic carbocycles. The largest absolute Gasteiger partial charge is 0.388 e. The molecule has 0 aromatic carbocycles. The van der Waals surface area contributed by atoms with Crippen molar-refractivity contribution < 1.29 is 14.7 Å². The lowest BCUT2D eigenvalue weighted by molar-refractivity contribution is -0.185. The highest BCUT2D eigenvalue weighted by Crippen LogP contribution is 2.60. The molecule has 0 amide bonds. The average Bonchev–Trinajstić information content (AvgIpc) is 2.30. The van der Waals surface area contributed by atoms with Gasteiger partial charge in [0.05, 0.1) is 11.0 Å². The summed E-state index contributed by atoms with van der Waals surface area (Å²) in [5.41, 5.74) is -1.02. The van der Waals surface area contributed by atoms with Crippen LogP contribution >= 0.6 is 0 Å². The second kappa shape index (κ2) is 3.77. The zero-order valence-corrected chi connectivity index (χ0v) is 11.7. The van der Waals surface area contributed by atoms with E-state index in [4.69, 9.17) is 0 Å². The first-order chi connectivity index (χ1) is 8.20. The summed E-state index contributed by atoms with van der Waals surface area (Å²) in [6, 6.07) is 0. The van der Waals surface area contributed by atoms with Gasteiger partial charge in [-0.3, -0.25) is 9.59 Å². The maximum atomic E-state index is 12.4. The topological polar surface area (TPSA) is 54.4 Å². The van der Waals surface area contributed by atoms with Crippen LogP contribution in [0.25, 0.3) is 0 Å². The third-order valence-electron chi connectivity index (χ3n) is 5.46. The van der Waals surface area contributed by atoms with Crippen LogP contribution in [0.15, 0.2) is 11.1 Å². The second-order valence-electron chi connectivity index (χ2n) is 6.60. The van der Waals surface area contributed by atoms with Crippen molar-refractivity contribution >= 4 is 12.1 Å². The molecule has 0 heterocycles. The molecule has 3 heteroatoms. The zero-order chi connectivity index (χ0) is 13.8. The van der Waals surface area contributed by atoms with E-state index in [1.165, 1.54) is 0 Å². The van der Waals surface area contributed by atoms with E-state index in [-0.39, 0.29) is 11.2 Å². The van der Waals surface area contributed by atoms with Crippen molar-refractivity contribution in [3.63, 3.8) is 0 Å². The molecule has 3 nitrogen and oxygen atoms in total. The number of aldehydes is 1. The third kappa shape index (κ3) is 1.34. The van der Waals surface area contributed by atoms with Gasteiger partial charge < -0.3 is 5.11 Å². The van der Waals surface area contributed by atoms with Crippen molar-refractivity contribution in [3.8, 4) is 0 Å². The van der Waals surface area contributed by atoms with Gasteiger partial charge in [0, 0.05) is 12.0 Å². The van der Waals surface area contributed by atoms with E-state index in [1.807, 2.05) is 20.8 Å². The number of rotatable bonds is 1. The predicted octanol–water partition coefficient (Wildman–Crippen LogP) is 2.42. The van der Waals surface area contributed by atoms with E-state index < -0.39 is 11.0 Å². The minimum absolute atomic E-state index is 0.00507. The van der Waals surface area contributed by atoms with Crippen LogP contribution in [-0.2, 0) is 9.59 Å². The predicted molar refractivity (Wildman–Crippen MR) is 69.1 cm³/mol. The van der Waals surface area contributed by atoms with Gasteiger partial charge in [-0.15, -0.1) is 0 Å². The first-order valence-corrected chi connectivity index (χ1v) is 6.62. The molecule has 1 fully saturated rings. The minimum Gasteiger partial charge on any atom is -0.388 e. The number of Topliss-reactive ketones (excluding diaryl/α,β-unsaturated/α-hetero) is 1. The van der Waals surface area contributed by atoms with Crippen LogP contribution in [-0.4, -0.2) is 22.8 Å². The van der Waals surface area contributed by atoms with E-state index in [1.54, 1.807) is 6.92 Å². The Bertz CT molecular complexity index is 447. The van der Waals surface area contributed by atoms with Gasteiger partial charge in [0.1, 0.15) is 12.1 Å². The molecule has 100 valence electrons. The molecule has 0 saturated heterocycles. The van der Waals surface area contributed by atoms with Gasteiger partial charge in [0.15, 0.2) is 0 Å². The lowest BCUT2D eigenvalue weighted by Gasteiger charge is -2.58. The minimum atomic E-state index is -1.11. The highest BCUT2D eigenvalue weighted by molar-refractivity contribution is 5.98. The van der Waals surface area contributed by atoms with Crippen molar-refractivity contribution in [2.75, 3.05) is 0 Å². The van der Waals surface area contributed by atoms with Crippen LogP contribution in [0.4, 0.5) is 0 Å². The first kappa shape index (κ1) is 13.5. The average molecular weight is 250 g/mol. The van der Waals surface area contributed by atoms with Crippen molar-refractivity contribution in [1.82, 2.24) is 0 Å². The molecule has 18 heavy (non-hydrogen) atoms. The zero-order valence-electron chi connectivity index (χ0n) is 11.7. The molecule has 0 aliphatic heterocycles. The Labute approximate surface area is 108 Å². The second-order valence-corrected chi connectivity index (χ2v) is 6.60. The van der Waals surface area contributed by atoms with Gasteiger partial charge in [-0.1, -0.05) is 19.4 Å². The molecule has 2 aliphatic rings. The maximum absolute atomic E-state index is 12.4. The van der Waals surface area contributed by atoms with Crippen molar-refractivity contribution in [2.24, 2.45) is 10.8 Å². The number of hydrogen-bond donors (Lipinski definition) is 1. The fourth-order valence-electron chi connectivity index (χ4n) is 3.90. The number of hydrogen-bond acceptors (Lipinski definition) is 3. The molecule has 0 aromatic heterocycles. The van der Waals surface area contributed by atoms with E-state index >= 15 is 0 Å². The summed E-state index contributed by atoms with van der Waals surface area (Å²) in [6.07, 6.45) is 3.15. The van der Waals surface area contributed by atoms with Gasteiger partial charge in [-0.05, 0) is 38.5 Å². The number of aliphatic hydroxyl groups is 1. The van der Waals surface area contributed by atoms with Crippen LogP contribution < -0.4 is 0 Å². The standard InChI is InChI=1S/C15H22O3/c1-10-5-8-15(18)13(2,3)7-6-12(17)14(15,4)11(10)9-16/h9,18H,5-8H2,1-4H3/t14-,15-/m0/s1. The molecule has 0 aromatic rings. The molecule has 0 bridgehead atoms. The Kier molecular flexibility index (Phi) is 2.82. The molecule has 2 rings (SSSR count). The first-order valence-electron chi connectivity index (χ1n) is 6.62. The van der Waals surface area contributed by atoms with Gasteiger partial charge in [-0.25, -0.2) is 0 Å². The van der Waals surface area contributed by atoms with E-state index in [0.29, 0.717) is 31.3 Å². The van der Waals surface area contributed by atoms with Gasteiger partial charge in [0.2, 0.25) is 0 Å². The fraction of sp³-hybridized carbons (Fsp3) is 0.733. The fourth-order valence-corrected chi connectivity index (χ4v) is 3.90. The molecule has 1 N–H and O–H groups in total. The Balaban J connectivity index is 2.70. The van der Waals surface area contributed by atoms with Gasteiger partial charge in [-0.2, -0.15) is 0 Å². The summed E-state index contributed by atoms with van der Waals surface area (Å²) >= 11 is 0. The van der Waals surface area contributed by atoms with Crippen LogP contribution in [0.3, 0.4) is 0 Å². The van der Waals surface area contributed by atoms with Crippen molar-refractivity contribution in [2.45, 2.75) is 59.0 Å². The summed E-state index contributed by atoms with van der Waals surface area (Å²) < 4.78 is 0. The van der Waals surface area contributed by atoms with Crippen LogP contribution in [0.2, 0.25) is 0 Å². The molecule has 1 saturated carbocycles. The normalized spacial score (nSPS) is 39.5. The van der Waals surface area contributed by atoms with E-state index in [0.717, 1.165) is 11.9 Å². The molecule has 2 atom stereocenters. The molecular formula is C15H22O3. The number of ketones is 1. The molecule has 0 unspecified atom stereocenters.